The maximum absolute atomic E-state index is 9.09. The van der Waals surface area contributed by atoms with Gasteiger partial charge in [-0.1, -0.05) is 6.07 Å². The molecule has 1 atom stereocenters. The van der Waals surface area contributed by atoms with Crippen molar-refractivity contribution >= 4 is 0 Å². The quantitative estimate of drug-likeness (QED) is 0.866. The second kappa shape index (κ2) is 6.21. The molecule has 1 unspecified atom stereocenters. The molecule has 1 aliphatic heterocycles. The molecule has 0 spiro atoms. The smallest absolute Gasteiger partial charge is 0.119 e. The summed E-state index contributed by atoms with van der Waals surface area (Å²) in [5, 5.41) is 9.09. The Morgan fingerprint density at radius 1 is 1.28 bits per heavy atom. The molecule has 1 N–H and O–H groups in total. The van der Waals surface area contributed by atoms with Crippen LogP contribution in [-0.2, 0) is 0 Å². The third-order valence-electron chi connectivity index (χ3n) is 3.50. The summed E-state index contributed by atoms with van der Waals surface area (Å²) in [4.78, 5) is 2.36. The number of aliphatic hydroxyl groups is 1. The van der Waals surface area contributed by atoms with Crippen LogP contribution in [0.25, 0.3) is 0 Å². The average molecular weight is 249 g/mol. The Kier molecular flexibility index (Phi) is 4.61. The standard InChI is InChI=1S/C15H23NO2/c1-12-7-13(2)9-15(8-12)18-6-5-16-4-3-14(10-16)11-17/h7-9,14,17H,3-6,10-11H2,1-2H3. The Morgan fingerprint density at radius 2 is 2.00 bits per heavy atom. The molecule has 0 amide bonds. The summed E-state index contributed by atoms with van der Waals surface area (Å²) in [7, 11) is 0. The summed E-state index contributed by atoms with van der Waals surface area (Å²) in [5.74, 6) is 1.43. The maximum Gasteiger partial charge on any atom is 0.119 e. The molecule has 1 aromatic rings. The first kappa shape index (κ1) is 13.4. The second-order valence-corrected chi connectivity index (χ2v) is 5.31. The third-order valence-corrected chi connectivity index (χ3v) is 3.50. The summed E-state index contributed by atoms with van der Waals surface area (Å²) in [6, 6.07) is 6.31. The Bertz CT molecular complexity index is 372. The van der Waals surface area contributed by atoms with Gasteiger partial charge in [0.05, 0.1) is 0 Å². The molecule has 0 aliphatic carbocycles. The summed E-state index contributed by atoms with van der Waals surface area (Å²) >= 11 is 0. The molecule has 1 aliphatic rings. The maximum atomic E-state index is 9.09. The van der Waals surface area contributed by atoms with Crippen molar-refractivity contribution in [2.45, 2.75) is 20.3 Å². The number of nitrogens with zero attached hydrogens (tertiary/aromatic N) is 1. The average Bonchev–Trinajstić information content (AvgIpc) is 2.76. The van der Waals surface area contributed by atoms with Gasteiger partial charge >= 0.3 is 0 Å². The number of likely N-dealkylation sites (tertiary alicyclic amines) is 1. The van der Waals surface area contributed by atoms with Crippen molar-refractivity contribution in [2.75, 3.05) is 32.8 Å². The molecular weight excluding hydrogens is 226 g/mol. The molecule has 2 rings (SSSR count). The second-order valence-electron chi connectivity index (χ2n) is 5.31. The van der Waals surface area contributed by atoms with E-state index >= 15 is 0 Å². The Balaban J connectivity index is 1.75. The lowest BCUT2D eigenvalue weighted by Gasteiger charge is -2.16. The molecule has 3 heteroatoms. The molecule has 0 aromatic heterocycles. The van der Waals surface area contributed by atoms with E-state index in [4.69, 9.17) is 9.84 Å². The van der Waals surface area contributed by atoms with Crippen molar-refractivity contribution in [2.24, 2.45) is 5.92 Å². The van der Waals surface area contributed by atoms with Crippen LogP contribution < -0.4 is 4.74 Å². The molecule has 0 radical (unpaired) electrons. The minimum Gasteiger partial charge on any atom is -0.492 e. The van der Waals surface area contributed by atoms with E-state index < -0.39 is 0 Å². The van der Waals surface area contributed by atoms with Gasteiger partial charge < -0.3 is 9.84 Å². The van der Waals surface area contributed by atoms with Crippen LogP contribution >= 0.6 is 0 Å². The van der Waals surface area contributed by atoms with Gasteiger partial charge in [-0.3, -0.25) is 4.90 Å². The normalized spacial score (nSPS) is 20.3. The first-order chi connectivity index (χ1) is 8.67. The van der Waals surface area contributed by atoms with Crippen molar-refractivity contribution in [3.8, 4) is 5.75 Å². The fraction of sp³-hybridized carbons (Fsp3) is 0.600. The lowest BCUT2D eigenvalue weighted by Crippen LogP contribution is -2.26. The van der Waals surface area contributed by atoms with Gasteiger partial charge in [-0.25, -0.2) is 0 Å². The van der Waals surface area contributed by atoms with Crippen molar-refractivity contribution < 1.29 is 9.84 Å². The van der Waals surface area contributed by atoms with E-state index in [1.165, 1.54) is 11.1 Å². The molecule has 0 saturated carbocycles. The largest absolute Gasteiger partial charge is 0.492 e. The summed E-state index contributed by atoms with van der Waals surface area (Å²) in [5.41, 5.74) is 2.48. The first-order valence-electron chi connectivity index (χ1n) is 6.71. The molecule has 1 aromatic carbocycles. The monoisotopic (exact) mass is 249 g/mol. The van der Waals surface area contributed by atoms with Gasteiger partial charge in [0.15, 0.2) is 0 Å². The highest BCUT2D eigenvalue weighted by atomic mass is 16.5. The summed E-state index contributed by atoms with van der Waals surface area (Å²) in [6.45, 7) is 8.26. The van der Waals surface area contributed by atoms with E-state index in [2.05, 4.69) is 36.9 Å². The van der Waals surface area contributed by atoms with Crippen LogP contribution in [0.4, 0.5) is 0 Å². The number of ether oxygens (including phenoxy) is 1. The van der Waals surface area contributed by atoms with Gasteiger partial charge in [0.25, 0.3) is 0 Å². The van der Waals surface area contributed by atoms with Gasteiger partial charge in [0.2, 0.25) is 0 Å². The van der Waals surface area contributed by atoms with Crippen molar-refractivity contribution in [1.82, 2.24) is 4.90 Å². The minimum absolute atomic E-state index is 0.314. The third kappa shape index (κ3) is 3.72. The van der Waals surface area contributed by atoms with Gasteiger partial charge in [-0.2, -0.15) is 0 Å². The van der Waals surface area contributed by atoms with Crippen LogP contribution in [0.5, 0.6) is 5.75 Å². The van der Waals surface area contributed by atoms with Gasteiger partial charge in [-0.05, 0) is 56.0 Å². The van der Waals surface area contributed by atoms with Crippen LogP contribution in [0.1, 0.15) is 17.5 Å². The SMILES string of the molecule is Cc1cc(C)cc(OCCN2CCC(CO)C2)c1. The van der Waals surface area contributed by atoms with Crippen LogP contribution in [0.2, 0.25) is 0 Å². The Morgan fingerprint density at radius 3 is 2.61 bits per heavy atom. The number of aliphatic hydroxyl groups excluding tert-OH is 1. The zero-order valence-corrected chi connectivity index (χ0v) is 11.4. The molecular formula is C15H23NO2. The minimum atomic E-state index is 0.314. The number of aryl methyl sites for hydroxylation is 2. The predicted molar refractivity (Wildman–Crippen MR) is 73.0 cm³/mol. The van der Waals surface area contributed by atoms with E-state index in [0.29, 0.717) is 12.5 Å². The molecule has 0 bridgehead atoms. The summed E-state index contributed by atoms with van der Waals surface area (Å²) in [6.07, 6.45) is 1.11. The fourth-order valence-corrected chi connectivity index (χ4v) is 2.57. The van der Waals surface area contributed by atoms with E-state index in [1.807, 2.05) is 0 Å². The van der Waals surface area contributed by atoms with Crippen molar-refractivity contribution in [1.29, 1.82) is 0 Å². The molecule has 1 heterocycles. The number of rotatable bonds is 5. The predicted octanol–water partition coefficient (Wildman–Crippen LogP) is 2.00. The molecule has 18 heavy (non-hydrogen) atoms. The number of hydrogen-bond acceptors (Lipinski definition) is 3. The van der Waals surface area contributed by atoms with E-state index in [-0.39, 0.29) is 0 Å². The first-order valence-corrected chi connectivity index (χ1v) is 6.71. The molecule has 1 saturated heterocycles. The Hall–Kier alpha value is -1.06. The Labute approximate surface area is 109 Å². The zero-order valence-electron chi connectivity index (χ0n) is 11.4. The zero-order chi connectivity index (χ0) is 13.0. The van der Waals surface area contributed by atoms with Crippen molar-refractivity contribution in [3.05, 3.63) is 29.3 Å². The van der Waals surface area contributed by atoms with Crippen molar-refractivity contribution in [3.63, 3.8) is 0 Å². The fourth-order valence-electron chi connectivity index (χ4n) is 2.57. The van der Waals surface area contributed by atoms with Gasteiger partial charge in [-0.15, -0.1) is 0 Å². The van der Waals surface area contributed by atoms with E-state index in [1.54, 1.807) is 0 Å². The van der Waals surface area contributed by atoms with Gasteiger partial charge in [0, 0.05) is 19.7 Å². The highest BCUT2D eigenvalue weighted by molar-refractivity contribution is 5.32. The highest BCUT2D eigenvalue weighted by Crippen LogP contribution is 2.17. The lowest BCUT2D eigenvalue weighted by molar-refractivity contribution is 0.204. The van der Waals surface area contributed by atoms with E-state index in [0.717, 1.165) is 38.4 Å². The topological polar surface area (TPSA) is 32.7 Å². The van der Waals surface area contributed by atoms with Crippen LogP contribution in [0, 0.1) is 19.8 Å². The summed E-state index contributed by atoms with van der Waals surface area (Å²) < 4.78 is 5.79. The highest BCUT2D eigenvalue weighted by Gasteiger charge is 2.21. The van der Waals surface area contributed by atoms with Crippen LogP contribution in [0.3, 0.4) is 0 Å². The molecule has 1 fully saturated rings. The van der Waals surface area contributed by atoms with E-state index in [9.17, 15) is 0 Å². The molecule has 3 nitrogen and oxygen atoms in total. The molecule has 100 valence electrons. The lowest BCUT2D eigenvalue weighted by atomic mass is 10.1. The van der Waals surface area contributed by atoms with Crippen LogP contribution in [-0.4, -0.2) is 42.9 Å². The number of benzene rings is 1. The van der Waals surface area contributed by atoms with Crippen LogP contribution in [0.15, 0.2) is 18.2 Å². The number of hydrogen-bond donors (Lipinski definition) is 1. The van der Waals surface area contributed by atoms with Gasteiger partial charge in [0.1, 0.15) is 12.4 Å².